The summed E-state index contributed by atoms with van der Waals surface area (Å²) < 4.78 is 5.94. The number of aromatic nitrogens is 2. The van der Waals surface area contributed by atoms with E-state index in [-0.39, 0.29) is 18.5 Å². The van der Waals surface area contributed by atoms with E-state index in [1.165, 1.54) is 0 Å². The maximum absolute atomic E-state index is 12.1. The molecule has 29 heavy (non-hydrogen) atoms. The van der Waals surface area contributed by atoms with Gasteiger partial charge in [0, 0.05) is 42.8 Å². The molecule has 1 atom stereocenters. The standard InChI is InChI=1S/C21H19ClN4O2.ClH/c22-18-4-2-9-25-21(18)28-16-7-10-26(13-16)19-6-5-14(11-17(19)20(23)27)15-3-1-8-24-12-15;/h1-6,8-9,11-12,16H,7,10,13H2,(H2,23,27);1H/t16-;/m0./s1. The predicted molar refractivity (Wildman–Crippen MR) is 116 cm³/mol. The molecule has 6 nitrogen and oxygen atoms in total. The monoisotopic (exact) mass is 430 g/mol. The summed E-state index contributed by atoms with van der Waals surface area (Å²) in [4.78, 5) is 22.5. The van der Waals surface area contributed by atoms with Gasteiger partial charge < -0.3 is 15.4 Å². The lowest BCUT2D eigenvalue weighted by Crippen LogP contribution is -2.27. The summed E-state index contributed by atoms with van der Waals surface area (Å²) in [5, 5.41) is 0.486. The summed E-state index contributed by atoms with van der Waals surface area (Å²) >= 11 is 6.13. The Kier molecular flexibility index (Phi) is 6.56. The molecule has 4 rings (SSSR count). The Bertz CT molecular complexity index is 1000. The third-order valence-corrected chi connectivity index (χ3v) is 5.03. The van der Waals surface area contributed by atoms with Crippen LogP contribution in [-0.4, -0.2) is 35.1 Å². The molecule has 3 heterocycles. The van der Waals surface area contributed by atoms with Crippen LogP contribution in [0.15, 0.2) is 61.1 Å². The number of amides is 1. The van der Waals surface area contributed by atoms with E-state index in [0.717, 1.165) is 29.8 Å². The highest BCUT2D eigenvalue weighted by atomic mass is 35.5. The molecule has 1 amide bonds. The predicted octanol–water partition coefficient (Wildman–Crippen LogP) is 3.98. The number of anilines is 1. The van der Waals surface area contributed by atoms with E-state index in [1.807, 2.05) is 30.3 Å². The quantitative estimate of drug-likeness (QED) is 0.661. The Morgan fingerprint density at radius 2 is 2.00 bits per heavy atom. The molecule has 1 aliphatic rings. The average molecular weight is 431 g/mol. The van der Waals surface area contributed by atoms with Gasteiger partial charge in [-0.05, 0) is 35.9 Å². The molecule has 1 fully saturated rings. The molecular weight excluding hydrogens is 411 g/mol. The highest BCUT2D eigenvalue weighted by Gasteiger charge is 2.27. The van der Waals surface area contributed by atoms with Crippen LogP contribution in [0.4, 0.5) is 5.69 Å². The van der Waals surface area contributed by atoms with Crippen molar-refractivity contribution in [1.29, 1.82) is 0 Å². The number of pyridine rings is 2. The van der Waals surface area contributed by atoms with Gasteiger partial charge in [0.2, 0.25) is 5.88 Å². The van der Waals surface area contributed by atoms with Crippen LogP contribution in [0.2, 0.25) is 5.02 Å². The second-order valence-electron chi connectivity index (χ2n) is 6.60. The number of hydrogen-bond donors (Lipinski definition) is 1. The first kappa shape index (κ1) is 20.9. The average Bonchev–Trinajstić information content (AvgIpc) is 3.18. The fraction of sp³-hybridized carbons (Fsp3) is 0.190. The molecule has 0 spiro atoms. The molecule has 3 aromatic rings. The van der Waals surface area contributed by atoms with Crippen molar-refractivity contribution in [1.82, 2.24) is 9.97 Å². The van der Waals surface area contributed by atoms with Crippen LogP contribution < -0.4 is 15.4 Å². The molecule has 1 aliphatic heterocycles. The Morgan fingerprint density at radius 3 is 2.72 bits per heavy atom. The van der Waals surface area contributed by atoms with E-state index in [0.29, 0.717) is 23.0 Å². The van der Waals surface area contributed by atoms with Crippen LogP contribution in [0.25, 0.3) is 11.1 Å². The number of rotatable bonds is 5. The zero-order chi connectivity index (χ0) is 19.5. The molecule has 0 aliphatic carbocycles. The number of primary amides is 1. The van der Waals surface area contributed by atoms with E-state index in [1.54, 1.807) is 30.7 Å². The van der Waals surface area contributed by atoms with Crippen LogP contribution in [0.3, 0.4) is 0 Å². The molecular formula is C21H20Cl2N4O2. The Balaban J connectivity index is 0.00000240. The molecule has 1 saturated heterocycles. The topological polar surface area (TPSA) is 81.3 Å². The van der Waals surface area contributed by atoms with Gasteiger partial charge in [0.15, 0.2) is 0 Å². The molecule has 1 aromatic carbocycles. The first-order valence-electron chi connectivity index (χ1n) is 8.98. The number of ether oxygens (including phenoxy) is 1. The summed E-state index contributed by atoms with van der Waals surface area (Å²) in [5.41, 5.74) is 8.79. The minimum atomic E-state index is -0.460. The van der Waals surface area contributed by atoms with Crippen LogP contribution in [0.5, 0.6) is 5.88 Å². The Morgan fingerprint density at radius 1 is 1.17 bits per heavy atom. The van der Waals surface area contributed by atoms with Gasteiger partial charge in [-0.15, -0.1) is 12.4 Å². The van der Waals surface area contributed by atoms with Gasteiger partial charge in [-0.1, -0.05) is 23.7 Å². The molecule has 0 unspecified atom stereocenters. The fourth-order valence-electron chi connectivity index (χ4n) is 3.38. The van der Waals surface area contributed by atoms with E-state index >= 15 is 0 Å². The van der Waals surface area contributed by atoms with Gasteiger partial charge in [0.1, 0.15) is 11.1 Å². The van der Waals surface area contributed by atoms with Crippen molar-refractivity contribution in [3.63, 3.8) is 0 Å². The van der Waals surface area contributed by atoms with Gasteiger partial charge in [0.05, 0.1) is 12.1 Å². The van der Waals surface area contributed by atoms with Crippen molar-refractivity contribution < 1.29 is 9.53 Å². The summed E-state index contributed by atoms with van der Waals surface area (Å²) in [7, 11) is 0. The minimum Gasteiger partial charge on any atom is -0.471 e. The second-order valence-corrected chi connectivity index (χ2v) is 7.01. The normalized spacial score (nSPS) is 15.6. The summed E-state index contributed by atoms with van der Waals surface area (Å²) in [6, 6.07) is 13.0. The van der Waals surface area contributed by atoms with Gasteiger partial charge in [0.25, 0.3) is 5.91 Å². The Hall–Kier alpha value is -2.83. The van der Waals surface area contributed by atoms with Crippen molar-refractivity contribution in [2.45, 2.75) is 12.5 Å². The van der Waals surface area contributed by atoms with Gasteiger partial charge in [-0.3, -0.25) is 9.78 Å². The third-order valence-electron chi connectivity index (χ3n) is 4.75. The summed E-state index contributed by atoms with van der Waals surface area (Å²) in [5.74, 6) is -0.0315. The third kappa shape index (κ3) is 4.60. The van der Waals surface area contributed by atoms with Crippen molar-refractivity contribution in [2.24, 2.45) is 5.73 Å². The maximum atomic E-state index is 12.1. The van der Waals surface area contributed by atoms with E-state index in [4.69, 9.17) is 22.1 Å². The number of halogens is 2. The number of carbonyl (C=O) groups excluding carboxylic acids is 1. The molecule has 8 heteroatoms. The molecule has 150 valence electrons. The second kappa shape index (κ2) is 9.11. The number of nitrogens with two attached hydrogens (primary N) is 1. The largest absolute Gasteiger partial charge is 0.471 e. The molecule has 0 saturated carbocycles. The van der Waals surface area contributed by atoms with Crippen LogP contribution in [0, 0.1) is 0 Å². The van der Waals surface area contributed by atoms with Gasteiger partial charge in [-0.2, -0.15) is 0 Å². The van der Waals surface area contributed by atoms with Crippen molar-refractivity contribution >= 4 is 35.6 Å². The van der Waals surface area contributed by atoms with Gasteiger partial charge in [-0.25, -0.2) is 4.98 Å². The highest BCUT2D eigenvalue weighted by molar-refractivity contribution is 6.31. The fourth-order valence-corrected chi connectivity index (χ4v) is 3.55. The lowest BCUT2D eigenvalue weighted by atomic mass is 10.0. The van der Waals surface area contributed by atoms with Crippen molar-refractivity contribution in [3.05, 3.63) is 71.6 Å². The van der Waals surface area contributed by atoms with Crippen molar-refractivity contribution in [2.75, 3.05) is 18.0 Å². The zero-order valence-corrected chi connectivity index (χ0v) is 17.1. The van der Waals surface area contributed by atoms with Crippen LogP contribution in [0.1, 0.15) is 16.8 Å². The molecule has 0 bridgehead atoms. The van der Waals surface area contributed by atoms with Gasteiger partial charge >= 0.3 is 0 Å². The highest BCUT2D eigenvalue weighted by Crippen LogP contribution is 2.31. The number of nitrogens with zero attached hydrogens (tertiary/aromatic N) is 3. The zero-order valence-electron chi connectivity index (χ0n) is 15.5. The molecule has 2 aromatic heterocycles. The lowest BCUT2D eigenvalue weighted by molar-refractivity contribution is 0.100. The van der Waals surface area contributed by atoms with E-state index in [2.05, 4.69) is 14.9 Å². The van der Waals surface area contributed by atoms with E-state index in [9.17, 15) is 4.79 Å². The van der Waals surface area contributed by atoms with E-state index < -0.39 is 5.91 Å². The number of benzene rings is 1. The Labute approximate surface area is 180 Å². The summed E-state index contributed by atoms with van der Waals surface area (Å²) in [6.45, 7) is 1.38. The lowest BCUT2D eigenvalue weighted by Gasteiger charge is -2.22. The number of hydrogen-bond acceptors (Lipinski definition) is 5. The SMILES string of the molecule is Cl.NC(=O)c1cc(-c2cccnc2)ccc1N1CC[C@H](Oc2ncccc2Cl)C1. The van der Waals surface area contributed by atoms with Crippen LogP contribution >= 0.6 is 24.0 Å². The van der Waals surface area contributed by atoms with Crippen molar-refractivity contribution in [3.8, 4) is 17.0 Å². The first-order valence-corrected chi connectivity index (χ1v) is 9.36. The van der Waals surface area contributed by atoms with Crippen LogP contribution in [-0.2, 0) is 0 Å². The first-order chi connectivity index (χ1) is 13.6. The molecule has 0 radical (unpaired) electrons. The smallest absolute Gasteiger partial charge is 0.250 e. The number of carbonyl (C=O) groups is 1. The molecule has 2 N–H and O–H groups in total. The summed E-state index contributed by atoms with van der Waals surface area (Å²) in [6.07, 6.45) is 5.86. The maximum Gasteiger partial charge on any atom is 0.250 e. The minimum absolute atomic E-state index is 0.